The van der Waals surface area contributed by atoms with Crippen LogP contribution in [0.5, 0.6) is 0 Å². The Morgan fingerprint density at radius 3 is 2.81 bits per heavy atom. The molecule has 0 saturated heterocycles. The summed E-state index contributed by atoms with van der Waals surface area (Å²) in [4.78, 5) is 16.1. The van der Waals surface area contributed by atoms with E-state index in [1.165, 1.54) is 23.3 Å². The number of amides is 1. The third-order valence-electron chi connectivity index (χ3n) is 3.76. The Morgan fingerprint density at radius 1 is 1.29 bits per heavy atom. The number of carbonyl (C=O) groups excluding carboxylic acids is 1. The monoisotopic (exact) mass is 301 g/mol. The van der Waals surface area contributed by atoms with Gasteiger partial charge in [0, 0.05) is 11.6 Å². The first kappa shape index (κ1) is 13.9. The molecule has 1 aromatic carbocycles. The number of nitrogens with one attached hydrogen (secondary N) is 1. The van der Waals surface area contributed by atoms with Gasteiger partial charge in [0.25, 0.3) is 5.91 Å². The predicted molar refractivity (Wildman–Crippen MR) is 83.4 cm³/mol. The van der Waals surface area contributed by atoms with Crippen LogP contribution in [0, 0.1) is 0 Å². The number of halogens is 1. The van der Waals surface area contributed by atoms with Gasteiger partial charge < -0.3 is 11.1 Å². The summed E-state index contributed by atoms with van der Waals surface area (Å²) < 4.78 is 0. The molecule has 4 nitrogen and oxygen atoms in total. The lowest BCUT2D eigenvalue weighted by atomic mass is 9.88. The highest BCUT2D eigenvalue weighted by atomic mass is 35.5. The minimum atomic E-state index is -0.157. The van der Waals surface area contributed by atoms with Gasteiger partial charge in [-0.1, -0.05) is 35.9 Å². The van der Waals surface area contributed by atoms with Crippen LogP contribution in [0.2, 0.25) is 5.15 Å². The normalized spacial score (nSPS) is 17.1. The summed E-state index contributed by atoms with van der Waals surface area (Å²) in [6.07, 6.45) is 2.79. The molecule has 2 aromatic rings. The van der Waals surface area contributed by atoms with Gasteiger partial charge in [0.05, 0.1) is 0 Å². The van der Waals surface area contributed by atoms with Gasteiger partial charge in [0.2, 0.25) is 0 Å². The molecular weight excluding hydrogens is 286 g/mol. The third-order valence-corrected chi connectivity index (χ3v) is 3.95. The maximum atomic E-state index is 12.3. The lowest BCUT2D eigenvalue weighted by Crippen LogP contribution is -2.38. The van der Waals surface area contributed by atoms with Gasteiger partial charge in [-0.25, -0.2) is 4.98 Å². The van der Waals surface area contributed by atoms with E-state index in [4.69, 9.17) is 17.3 Å². The van der Waals surface area contributed by atoms with Crippen molar-refractivity contribution in [2.75, 3.05) is 5.73 Å². The fourth-order valence-electron chi connectivity index (χ4n) is 2.74. The van der Waals surface area contributed by atoms with Crippen LogP contribution < -0.4 is 11.1 Å². The molecule has 0 saturated carbocycles. The zero-order chi connectivity index (χ0) is 14.8. The number of pyridine rings is 1. The zero-order valence-corrected chi connectivity index (χ0v) is 12.2. The van der Waals surface area contributed by atoms with Crippen molar-refractivity contribution in [1.82, 2.24) is 10.3 Å². The smallest absolute Gasteiger partial charge is 0.251 e. The number of benzene rings is 1. The van der Waals surface area contributed by atoms with E-state index >= 15 is 0 Å². The van der Waals surface area contributed by atoms with Gasteiger partial charge in [-0.2, -0.15) is 0 Å². The van der Waals surface area contributed by atoms with Crippen molar-refractivity contribution in [2.24, 2.45) is 0 Å². The van der Waals surface area contributed by atoms with Crippen molar-refractivity contribution in [2.45, 2.75) is 25.3 Å². The summed E-state index contributed by atoms with van der Waals surface area (Å²) in [6, 6.07) is 11.6. The largest absolute Gasteiger partial charge is 0.384 e. The van der Waals surface area contributed by atoms with Crippen molar-refractivity contribution in [3.05, 3.63) is 58.2 Å². The molecular formula is C16H16ClN3O. The Labute approximate surface area is 128 Å². The fraction of sp³-hybridized carbons (Fsp3) is 0.250. The Kier molecular flexibility index (Phi) is 3.80. The molecule has 1 unspecified atom stereocenters. The zero-order valence-electron chi connectivity index (χ0n) is 11.5. The van der Waals surface area contributed by atoms with Crippen molar-refractivity contribution < 1.29 is 4.79 Å². The molecule has 0 bridgehead atoms. The van der Waals surface area contributed by atoms with Crippen LogP contribution in [0.1, 0.15) is 27.9 Å². The Bertz CT molecular complexity index is 667. The number of hydrogen-bond donors (Lipinski definition) is 2. The highest BCUT2D eigenvalue weighted by Gasteiger charge is 2.20. The van der Waals surface area contributed by atoms with Crippen LogP contribution in [0.25, 0.3) is 0 Å². The number of nitrogen functional groups attached to an aromatic ring is 1. The Balaban J connectivity index is 1.71. The summed E-state index contributed by atoms with van der Waals surface area (Å²) in [7, 11) is 0. The molecule has 0 fully saturated rings. The minimum absolute atomic E-state index is 0.139. The SMILES string of the molecule is Nc1cc(C(=O)NC2CCc3ccccc3C2)cc(Cl)n1. The topological polar surface area (TPSA) is 68.0 Å². The summed E-state index contributed by atoms with van der Waals surface area (Å²) in [5, 5.41) is 3.28. The lowest BCUT2D eigenvalue weighted by molar-refractivity contribution is 0.0933. The van der Waals surface area contributed by atoms with E-state index in [2.05, 4.69) is 28.5 Å². The Hall–Kier alpha value is -2.07. The molecule has 3 rings (SSSR count). The van der Waals surface area contributed by atoms with Crippen LogP contribution in [0.3, 0.4) is 0 Å². The third kappa shape index (κ3) is 3.16. The molecule has 3 N–H and O–H groups in total. The van der Waals surface area contributed by atoms with Gasteiger partial charge in [0.1, 0.15) is 11.0 Å². The van der Waals surface area contributed by atoms with E-state index < -0.39 is 0 Å². The quantitative estimate of drug-likeness (QED) is 0.838. The van der Waals surface area contributed by atoms with Gasteiger partial charge in [-0.05, 0) is 42.5 Å². The summed E-state index contributed by atoms with van der Waals surface area (Å²) in [5.41, 5.74) is 8.75. The van der Waals surface area contributed by atoms with Crippen LogP contribution in [0.15, 0.2) is 36.4 Å². The minimum Gasteiger partial charge on any atom is -0.384 e. The van der Waals surface area contributed by atoms with Crippen molar-refractivity contribution in [3.8, 4) is 0 Å². The van der Waals surface area contributed by atoms with Crippen molar-refractivity contribution in [1.29, 1.82) is 0 Å². The molecule has 21 heavy (non-hydrogen) atoms. The molecule has 1 amide bonds. The van der Waals surface area contributed by atoms with Crippen molar-refractivity contribution >= 4 is 23.3 Å². The summed E-state index contributed by atoms with van der Waals surface area (Å²) in [5.74, 6) is 0.0945. The predicted octanol–water partition coefficient (Wildman–Crippen LogP) is 2.60. The molecule has 1 aliphatic carbocycles. The average molecular weight is 302 g/mol. The maximum absolute atomic E-state index is 12.3. The van der Waals surface area contributed by atoms with E-state index in [9.17, 15) is 4.79 Å². The van der Waals surface area contributed by atoms with E-state index in [1.807, 2.05) is 6.07 Å². The van der Waals surface area contributed by atoms with Crippen LogP contribution >= 0.6 is 11.6 Å². The number of aromatic nitrogens is 1. The molecule has 0 aliphatic heterocycles. The van der Waals surface area contributed by atoms with E-state index in [0.29, 0.717) is 5.56 Å². The number of fused-ring (bicyclic) bond motifs is 1. The van der Waals surface area contributed by atoms with Crippen LogP contribution in [-0.4, -0.2) is 16.9 Å². The number of nitrogens with two attached hydrogens (primary N) is 1. The van der Waals surface area contributed by atoms with Gasteiger partial charge in [-0.15, -0.1) is 0 Å². The molecule has 108 valence electrons. The highest BCUT2D eigenvalue weighted by molar-refractivity contribution is 6.29. The molecule has 0 spiro atoms. The summed E-state index contributed by atoms with van der Waals surface area (Å²) >= 11 is 5.83. The second-order valence-corrected chi connectivity index (χ2v) is 5.67. The molecule has 1 aliphatic rings. The van der Waals surface area contributed by atoms with E-state index in [1.54, 1.807) is 0 Å². The summed E-state index contributed by atoms with van der Waals surface area (Å²) in [6.45, 7) is 0. The van der Waals surface area contributed by atoms with Gasteiger partial charge in [0.15, 0.2) is 0 Å². The van der Waals surface area contributed by atoms with Crippen LogP contribution in [-0.2, 0) is 12.8 Å². The molecule has 0 radical (unpaired) electrons. The highest BCUT2D eigenvalue weighted by Crippen LogP contribution is 2.21. The number of rotatable bonds is 2. The fourth-order valence-corrected chi connectivity index (χ4v) is 2.95. The number of anilines is 1. The molecule has 1 aromatic heterocycles. The van der Waals surface area contributed by atoms with E-state index in [0.717, 1.165) is 19.3 Å². The molecule has 1 atom stereocenters. The number of carbonyl (C=O) groups is 1. The average Bonchev–Trinajstić information content (AvgIpc) is 2.46. The second kappa shape index (κ2) is 5.74. The number of hydrogen-bond acceptors (Lipinski definition) is 3. The van der Waals surface area contributed by atoms with Gasteiger partial charge >= 0.3 is 0 Å². The second-order valence-electron chi connectivity index (χ2n) is 5.29. The number of aryl methyl sites for hydroxylation is 1. The number of nitrogens with zero attached hydrogens (tertiary/aromatic N) is 1. The van der Waals surface area contributed by atoms with Crippen molar-refractivity contribution in [3.63, 3.8) is 0 Å². The maximum Gasteiger partial charge on any atom is 0.251 e. The first-order chi connectivity index (χ1) is 10.1. The Morgan fingerprint density at radius 2 is 2.05 bits per heavy atom. The first-order valence-corrected chi connectivity index (χ1v) is 7.30. The van der Waals surface area contributed by atoms with Gasteiger partial charge in [-0.3, -0.25) is 4.79 Å². The standard InChI is InChI=1S/C16H16ClN3O/c17-14-8-12(9-15(18)20-14)16(21)19-13-6-5-10-3-1-2-4-11(10)7-13/h1-4,8-9,13H,5-7H2,(H2,18,20)(H,19,21). The van der Waals surface area contributed by atoms with Crippen LogP contribution in [0.4, 0.5) is 5.82 Å². The van der Waals surface area contributed by atoms with E-state index in [-0.39, 0.29) is 22.9 Å². The molecule has 5 heteroatoms. The lowest BCUT2D eigenvalue weighted by Gasteiger charge is -2.25. The molecule has 1 heterocycles. The first-order valence-electron chi connectivity index (χ1n) is 6.92.